The third-order valence-electron chi connectivity index (χ3n) is 3.55. The molecule has 106 valence electrons. The Morgan fingerprint density at radius 3 is 3.21 bits per heavy atom. The standard InChI is InChI=1S/C14H22N2O2S/c17-7-5-12-3-1-6-16(10-12)11-14(18)15-9-13-4-2-8-19-13/h2,4,8,12,17H,1,3,5-7,9-11H2,(H,15,18). The maximum Gasteiger partial charge on any atom is 0.234 e. The molecule has 0 aliphatic carbocycles. The number of nitrogens with one attached hydrogen (secondary N) is 1. The average molecular weight is 282 g/mol. The topological polar surface area (TPSA) is 52.6 Å². The number of amides is 1. The van der Waals surface area contributed by atoms with Crippen molar-refractivity contribution in [1.29, 1.82) is 0 Å². The molecule has 2 N–H and O–H groups in total. The van der Waals surface area contributed by atoms with Crippen molar-refractivity contribution < 1.29 is 9.90 Å². The molecule has 0 bridgehead atoms. The third kappa shape index (κ3) is 4.93. The molecule has 1 unspecified atom stereocenters. The Morgan fingerprint density at radius 2 is 2.47 bits per heavy atom. The molecule has 1 aromatic heterocycles. The van der Waals surface area contributed by atoms with Crippen LogP contribution in [0.3, 0.4) is 0 Å². The number of thiophene rings is 1. The van der Waals surface area contributed by atoms with Crippen LogP contribution in [0, 0.1) is 5.92 Å². The second kappa shape index (κ2) is 7.62. The number of hydrogen-bond donors (Lipinski definition) is 2. The lowest BCUT2D eigenvalue weighted by molar-refractivity contribution is -0.122. The Labute approximate surface area is 118 Å². The highest BCUT2D eigenvalue weighted by Gasteiger charge is 2.20. The van der Waals surface area contributed by atoms with Crippen molar-refractivity contribution in [2.45, 2.75) is 25.8 Å². The van der Waals surface area contributed by atoms with Crippen molar-refractivity contribution in [3.05, 3.63) is 22.4 Å². The minimum Gasteiger partial charge on any atom is -0.396 e. The maximum absolute atomic E-state index is 11.9. The summed E-state index contributed by atoms with van der Waals surface area (Å²) in [6.07, 6.45) is 3.16. The van der Waals surface area contributed by atoms with E-state index in [1.165, 1.54) is 11.3 Å². The number of hydrogen-bond acceptors (Lipinski definition) is 4. The average Bonchev–Trinajstić information content (AvgIpc) is 2.90. The molecule has 4 nitrogen and oxygen atoms in total. The molecule has 0 spiro atoms. The van der Waals surface area contributed by atoms with Gasteiger partial charge in [0.25, 0.3) is 0 Å². The maximum atomic E-state index is 11.9. The minimum atomic E-state index is 0.0954. The number of rotatable bonds is 6. The Morgan fingerprint density at radius 1 is 1.58 bits per heavy atom. The highest BCUT2D eigenvalue weighted by atomic mass is 32.1. The smallest absolute Gasteiger partial charge is 0.234 e. The molecule has 1 aromatic rings. The number of piperidine rings is 1. The molecule has 1 fully saturated rings. The van der Waals surface area contributed by atoms with Crippen LogP contribution < -0.4 is 5.32 Å². The summed E-state index contributed by atoms with van der Waals surface area (Å²) in [6.45, 7) is 3.29. The summed E-state index contributed by atoms with van der Waals surface area (Å²) in [5, 5.41) is 14.0. The van der Waals surface area contributed by atoms with Crippen LogP contribution in [0.5, 0.6) is 0 Å². The van der Waals surface area contributed by atoms with Crippen LogP contribution in [0.1, 0.15) is 24.1 Å². The fraction of sp³-hybridized carbons (Fsp3) is 0.643. The summed E-state index contributed by atoms with van der Waals surface area (Å²) in [5.41, 5.74) is 0. The third-order valence-corrected chi connectivity index (χ3v) is 4.42. The lowest BCUT2D eigenvalue weighted by atomic mass is 9.95. The first-order valence-corrected chi connectivity index (χ1v) is 7.78. The predicted octanol–water partition coefficient (Wildman–Crippen LogP) is 1.46. The molecule has 1 amide bonds. The number of aliphatic hydroxyl groups is 1. The van der Waals surface area contributed by atoms with Crippen molar-refractivity contribution in [3.8, 4) is 0 Å². The molecule has 19 heavy (non-hydrogen) atoms. The zero-order valence-corrected chi connectivity index (χ0v) is 12.0. The normalized spacial score (nSPS) is 20.4. The van der Waals surface area contributed by atoms with E-state index in [4.69, 9.17) is 5.11 Å². The van der Waals surface area contributed by atoms with Crippen molar-refractivity contribution in [2.24, 2.45) is 5.92 Å². The molecule has 1 atom stereocenters. The Balaban J connectivity index is 1.69. The van der Waals surface area contributed by atoms with Gasteiger partial charge in [-0.2, -0.15) is 0 Å². The number of likely N-dealkylation sites (tertiary alicyclic amines) is 1. The van der Waals surface area contributed by atoms with Crippen LogP contribution in [0.25, 0.3) is 0 Å². The van der Waals surface area contributed by atoms with Gasteiger partial charge in [0.1, 0.15) is 0 Å². The van der Waals surface area contributed by atoms with Crippen LogP contribution >= 0.6 is 11.3 Å². The van der Waals surface area contributed by atoms with Crippen LogP contribution in [-0.4, -0.2) is 42.2 Å². The van der Waals surface area contributed by atoms with E-state index in [1.54, 1.807) is 11.3 Å². The minimum absolute atomic E-state index is 0.0954. The summed E-state index contributed by atoms with van der Waals surface area (Å²) in [6, 6.07) is 4.03. The van der Waals surface area contributed by atoms with E-state index in [-0.39, 0.29) is 12.5 Å². The number of aliphatic hydroxyl groups excluding tert-OH is 1. The van der Waals surface area contributed by atoms with Crippen molar-refractivity contribution in [2.75, 3.05) is 26.2 Å². The summed E-state index contributed by atoms with van der Waals surface area (Å²) in [7, 11) is 0. The van der Waals surface area contributed by atoms with E-state index in [9.17, 15) is 4.79 Å². The SMILES string of the molecule is O=C(CN1CCCC(CCO)C1)NCc1cccs1. The first kappa shape index (κ1) is 14.5. The molecule has 2 heterocycles. The Bertz CT molecular complexity index is 379. The van der Waals surface area contributed by atoms with E-state index < -0.39 is 0 Å². The van der Waals surface area contributed by atoms with Gasteiger partial charge in [-0.25, -0.2) is 0 Å². The second-order valence-electron chi connectivity index (χ2n) is 5.11. The summed E-state index contributed by atoms with van der Waals surface area (Å²) >= 11 is 1.66. The van der Waals surface area contributed by atoms with Crippen molar-refractivity contribution in [1.82, 2.24) is 10.2 Å². The molecular formula is C14H22N2O2S. The van der Waals surface area contributed by atoms with Gasteiger partial charge < -0.3 is 10.4 Å². The lowest BCUT2D eigenvalue weighted by Crippen LogP contribution is -2.42. The van der Waals surface area contributed by atoms with Gasteiger partial charge in [0, 0.05) is 18.0 Å². The second-order valence-corrected chi connectivity index (χ2v) is 6.14. The van der Waals surface area contributed by atoms with E-state index >= 15 is 0 Å². The molecule has 1 aliphatic rings. The molecule has 0 aromatic carbocycles. The zero-order chi connectivity index (χ0) is 13.5. The quantitative estimate of drug-likeness (QED) is 0.830. The largest absolute Gasteiger partial charge is 0.396 e. The molecular weight excluding hydrogens is 260 g/mol. The van der Waals surface area contributed by atoms with Crippen LogP contribution in [0.15, 0.2) is 17.5 Å². The van der Waals surface area contributed by atoms with Gasteiger partial charge in [-0.05, 0) is 43.2 Å². The van der Waals surface area contributed by atoms with Crippen LogP contribution in [-0.2, 0) is 11.3 Å². The van der Waals surface area contributed by atoms with E-state index in [0.29, 0.717) is 19.0 Å². The van der Waals surface area contributed by atoms with E-state index in [0.717, 1.165) is 25.9 Å². The highest BCUT2D eigenvalue weighted by molar-refractivity contribution is 7.09. The first-order chi connectivity index (χ1) is 9.28. The Kier molecular flexibility index (Phi) is 5.82. The molecule has 2 rings (SSSR count). The van der Waals surface area contributed by atoms with Gasteiger partial charge in [0.05, 0.1) is 13.1 Å². The van der Waals surface area contributed by atoms with Crippen molar-refractivity contribution >= 4 is 17.2 Å². The summed E-state index contributed by atoms with van der Waals surface area (Å²) < 4.78 is 0. The van der Waals surface area contributed by atoms with Gasteiger partial charge in [-0.1, -0.05) is 6.07 Å². The molecule has 1 aliphatic heterocycles. The summed E-state index contributed by atoms with van der Waals surface area (Å²) in [4.78, 5) is 15.3. The fourth-order valence-corrected chi connectivity index (χ4v) is 3.22. The number of carbonyl (C=O) groups excluding carboxylic acids is 1. The summed E-state index contributed by atoms with van der Waals surface area (Å²) in [5.74, 6) is 0.641. The van der Waals surface area contributed by atoms with Crippen LogP contribution in [0.4, 0.5) is 0 Å². The lowest BCUT2D eigenvalue weighted by Gasteiger charge is -2.31. The van der Waals surface area contributed by atoms with E-state index in [1.807, 2.05) is 17.5 Å². The molecule has 0 radical (unpaired) electrons. The van der Waals surface area contributed by atoms with Gasteiger partial charge >= 0.3 is 0 Å². The monoisotopic (exact) mass is 282 g/mol. The molecule has 5 heteroatoms. The van der Waals surface area contributed by atoms with Gasteiger partial charge in [0.2, 0.25) is 5.91 Å². The first-order valence-electron chi connectivity index (χ1n) is 6.90. The Hall–Kier alpha value is -0.910. The highest BCUT2D eigenvalue weighted by Crippen LogP contribution is 2.18. The van der Waals surface area contributed by atoms with Crippen LogP contribution in [0.2, 0.25) is 0 Å². The number of nitrogens with zero attached hydrogens (tertiary/aromatic N) is 1. The van der Waals surface area contributed by atoms with Crippen molar-refractivity contribution in [3.63, 3.8) is 0 Å². The fourth-order valence-electron chi connectivity index (χ4n) is 2.57. The van der Waals surface area contributed by atoms with Gasteiger partial charge in [-0.15, -0.1) is 11.3 Å². The molecule has 0 saturated carbocycles. The molecule has 1 saturated heterocycles. The van der Waals surface area contributed by atoms with Gasteiger partial charge in [-0.3, -0.25) is 9.69 Å². The van der Waals surface area contributed by atoms with Gasteiger partial charge in [0.15, 0.2) is 0 Å². The zero-order valence-electron chi connectivity index (χ0n) is 11.2. The predicted molar refractivity (Wildman–Crippen MR) is 77.0 cm³/mol. The van der Waals surface area contributed by atoms with E-state index in [2.05, 4.69) is 10.2 Å². The number of carbonyl (C=O) groups is 1.